The third kappa shape index (κ3) is 6.39. The molecule has 0 heterocycles. The topological polar surface area (TPSA) is 105 Å². The first-order valence-electron chi connectivity index (χ1n) is 4.31. The lowest BCUT2D eigenvalue weighted by molar-refractivity contribution is -0.147. The van der Waals surface area contributed by atoms with E-state index in [2.05, 4.69) is 14.2 Å². The Labute approximate surface area is 89.0 Å². The molecule has 8 heteroatoms. The number of carbonyl (C=O) groups is 1. The second-order valence-electron chi connectivity index (χ2n) is 3.19. The molecule has 1 unspecified atom stereocenters. The highest BCUT2D eigenvalue weighted by atomic mass is 32.2. The monoisotopic (exact) mass is 240 g/mol. The highest BCUT2D eigenvalue weighted by molar-refractivity contribution is 7.87. The minimum absolute atomic E-state index is 0.256. The Bertz CT molecular complexity index is 301. The second kappa shape index (κ2) is 6.01. The Morgan fingerprint density at radius 1 is 1.47 bits per heavy atom. The van der Waals surface area contributed by atoms with Crippen molar-refractivity contribution < 1.29 is 23.1 Å². The molecule has 0 aromatic carbocycles. The molecule has 0 bridgehead atoms. The molecule has 0 aromatic rings. The molecule has 15 heavy (non-hydrogen) atoms. The lowest BCUT2D eigenvalue weighted by Crippen LogP contribution is -2.45. The number of methoxy groups -OCH3 is 1. The molecular weight excluding hydrogens is 224 g/mol. The number of hydrogen-bond donors (Lipinski definition) is 3. The van der Waals surface area contributed by atoms with Gasteiger partial charge in [0.05, 0.1) is 0 Å². The first kappa shape index (κ1) is 14.3. The van der Waals surface area contributed by atoms with E-state index in [0.717, 1.165) is 0 Å². The Balaban J connectivity index is 4.19. The molecule has 1 atom stereocenters. The number of nitrogens with one attached hydrogen (secondary N) is 2. The summed E-state index contributed by atoms with van der Waals surface area (Å²) in [7, 11) is -2.47. The van der Waals surface area contributed by atoms with Crippen molar-refractivity contribution in [1.82, 2.24) is 9.44 Å². The Kier molecular flexibility index (Phi) is 5.73. The Morgan fingerprint density at radius 3 is 2.33 bits per heavy atom. The van der Waals surface area contributed by atoms with Crippen LogP contribution in [0.3, 0.4) is 0 Å². The van der Waals surface area contributed by atoms with Crippen LogP contribution in [0.5, 0.6) is 0 Å². The van der Waals surface area contributed by atoms with Crippen LogP contribution in [-0.4, -0.2) is 45.3 Å². The van der Waals surface area contributed by atoms with Crippen LogP contribution in [0, 0.1) is 0 Å². The average molecular weight is 240 g/mol. The van der Waals surface area contributed by atoms with Crippen molar-refractivity contribution in [2.75, 3.05) is 13.7 Å². The zero-order chi connectivity index (χ0) is 12.1. The summed E-state index contributed by atoms with van der Waals surface area (Å²) in [6, 6.07) is -0.256. The molecule has 0 fully saturated rings. The fourth-order valence-corrected chi connectivity index (χ4v) is 1.88. The van der Waals surface area contributed by atoms with Gasteiger partial charge in [0, 0.05) is 19.7 Å². The molecule has 3 N–H and O–H groups in total. The summed E-state index contributed by atoms with van der Waals surface area (Å²) in [4.78, 5) is 10.5. The number of hydrogen-bond acceptors (Lipinski definition) is 4. The highest BCUT2D eigenvalue weighted by Crippen LogP contribution is 1.90. The SMILES string of the molecule is COC(CNS(=O)(=O)NC(C)C)C(=O)O. The molecule has 0 radical (unpaired) electrons. The van der Waals surface area contributed by atoms with E-state index in [0.29, 0.717) is 0 Å². The minimum atomic E-state index is -3.66. The lowest BCUT2D eigenvalue weighted by Gasteiger charge is -2.13. The summed E-state index contributed by atoms with van der Waals surface area (Å²) in [6.45, 7) is 3.00. The third-order valence-electron chi connectivity index (χ3n) is 1.41. The number of carboxylic acid groups (broad SMARTS) is 1. The van der Waals surface area contributed by atoms with Crippen LogP contribution >= 0.6 is 0 Å². The maximum absolute atomic E-state index is 11.2. The fraction of sp³-hybridized carbons (Fsp3) is 0.857. The van der Waals surface area contributed by atoms with E-state index in [4.69, 9.17) is 5.11 Å². The van der Waals surface area contributed by atoms with E-state index in [1.54, 1.807) is 13.8 Å². The smallest absolute Gasteiger partial charge is 0.334 e. The predicted octanol–water partition coefficient (Wildman–Crippen LogP) is -1.08. The highest BCUT2D eigenvalue weighted by Gasteiger charge is 2.19. The Hall–Kier alpha value is -0.700. The van der Waals surface area contributed by atoms with Crippen molar-refractivity contribution in [2.45, 2.75) is 26.0 Å². The largest absolute Gasteiger partial charge is 0.479 e. The van der Waals surface area contributed by atoms with Gasteiger partial charge in [0.25, 0.3) is 10.2 Å². The first-order valence-corrected chi connectivity index (χ1v) is 5.79. The van der Waals surface area contributed by atoms with Gasteiger partial charge in [0.1, 0.15) is 0 Å². The average Bonchev–Trinajstić information content (AvgIpc) is 2.01. The molecule has 0 aliphatic carbocycles. The van der Waals surface area contributed by atoms with E-state index in [1.807, 2.05) is 0 Å². The second-order valence-corrected chi connectivity index (χ2v) is 4.72. The van der Waals surface area contributed by atoms with Crippen molar-refractivity contribution in [3.8, 4) is 0 Å². The van der Waals surface area contributed by atoms with Crippen LogP contribution in [0.2, 0.25) is 0 Å². The summed E-state index contributed by atoms with van der Waals surface area (Å²) in [5, 5.41) is 8.57. The van der Waals surface area contributed by atoms with Crippen LogP contribution in [0.25, 0.3) is 0 Å². The normalized spacial score (nSPS) is 14.1. The van der Waals surface area contributed by atoms with Gasteiger partial charge in [-0.3, -0.25) is 0 Å². The van der Waals surface area contributed by atoms with Crippen LogP contribution in [0.15, 0.2) is 0 Å². The van der Waals surface area contributed by atoms with Gasteiger partial charge in [-0.25, -0.2) is 4.79 Å². The van der Waals surface area contributed by atoms with E-state index in [9.17, 15) is 13.2 Å². The zero-order valence-electron chi connectivity index (χ0n) is 8.85. The van der Waals surface area contributed by atoms with Gasteiger partial charge in [0.2, 0.25) is 0 Å². The van der Waals surface area contributed by atoms with Crippen LogP contribution in [-0.2, 0) is 19.7 Å². The molecule has 0 saturated carbocycles. The van der Waals surface area contributed by atoms with E-state index < -0.39 is 22.3 Å². The van der Waals surface area contributed by atoms with Gasteiger partial charge >= 0.3 is 5.97 Å². The first-order chi connectivity index (χ1) is 6.78. The van der Waals surface area contributed by atoms with Crippen molar-refractivity contribution in [3.63, 3.8) is 0 Å². The molecule has 90 valence electrons. The van der Waals surface area contributed by atoms with Crippen LogP contribution < -0.4 is 9.44 Å². The fourth-order valence-electron chi connectivity index (χ4n) is 0.809. The summed E-state index contributed by atoms with van der Waals surface area (Å²) >= 11 is 0. The predicted molar refractivity (Wildman–Crippen MR) is 53.6 cm³/mol. The van der Waals surface area contributed by atoms with Crippen LogP contribution in [0.4, 0.5) is 0 Å². The quantitative estimate of drug-likeness (QED) is 0.525. The number of aliphatic carboxylic acids is 1. The lowest BCUT2D eigenvalue weighted by atomic mass is 10.4. The van der Waals surface area contributed by atoms with Gasteiger partial charge in [-0.05, 0) is 13.8 Å². The van der Waals surface area contributed by atoms with Gasteiger partial charge < -0.3 is 9.84 Å². The molecule has 0 rings (SSSR count). The standard InChI is InChI=1S/C7H16N2O5S/c1-5(2)9-15(12,13)8-4-6(14-3)7(10)11/h5-6,8-9H,4H2,1-3H3,(H,10,11). The van der Waals surface area contributed by atoms with Crippen molar-refractivity contribution in [2.24, 2.45) is 0 Å². The zero-order valence-corrected chi connectivity index (χ0v) is 9.67. The maximum Gasteiger partial charge on any atom is 0.334 e. The number of rotatable bonds is 7. The van der Waals surface area contributed by atoms with E-state index >= 15 is 0 Å². The summed E-state index contributed by atoms with van der Waals surface area (Å²) in [5.41, 5.74) is 0. The summed E-state index contributed by atoms with van der Waals surface area (Å²) in [6.07, 6.45) is -1.19. The summed E-state index contributed by atoms with van der Waals surface area (Å²) < 4.78 is 31.3. The number of ether oxygens (including phenoxy) is 1. The molecular formula is C7H16N2O5S. The van der Waals surface area contributed by atoms with E-state index in [1.165, 1.54) is 7.11 Å². The number of carboxylic acids is 1. The van der Waals surface area contributed by atoms with Gasteiger partial charge in [-0.1, -0.05) is 0 Å². The molecule has 7 nitrogen and oxygen atoms in total. The van der Waals surface area contributed by atoms with Crippen molar-refractivity contribution in [1.29, 1.82) is 0 Å². The summed E-state index contributed by atoms with van der Waals surface area (Å²) in [5.74, 6) is -1.22. The molecule has 0 amide bonds. The molecule has 0 aliphatic rings. The maximum atomic E-state index is 11.2. The molecule has 0 saturated heterocycles. The van der Waals surface area contributed by atoms with Gasteiger partial charge in [-0.2, -0.15) is 17.9 Å². The Morgan fingerprint density at radius 2 is 2.00 bits per heavy atom. The molecule has 0 aromatic heterocycles. The third-order valence-corrected chi connectivity index (χ3v) is 2.74. The minimum Gasteiger partial charge on any atom is -0.479 e. The van der Waals surface area contributed by atoms with Crippen molar-refractivity contribution >= 4 is 16.2 Å². The molecule has 0 aliphatic heterocycles. The van der Waals surface area contributed by atoms with Gasteiger partial charge in [0.15, 0.2) is 6.10 Å². The van der Waals surface area contributed by atoms with Gasteiger partial charge in [-0.15, -0.1) is 0 Å². The van der Waals surface area contributed by atoms with E-state index in [-0.39, 0.29) is 12.6 Å². The van der Waals surface area contributed by atoms with Crippen LogP contribution in [0.1, 0.15) is 13.8 Å². The van der Waals surface area contributed by atoms with Crippen molar-refractivity contribution in [3.05, 3.63) is 0 Å². The molecule has 0 spiro atoms.